The zero-order chi connectivity index (χ0) is 19.3. The molecule has 3 aromatic rings. The Morgan fingerprint density at radius 1 is 0.889 bits per heavy atom. The second-order valence-electron chi connectivity index (χ2n) is 5.66. The Morgan fingerprint density at radius 3 is 2.11 bits per heavy atom. The molecule has 27 heavy (non-hydrogen) atoms. The SMILES string of the molecule is O=[N+]([O-])c1ccc(S(=O)(=O)Nc2ccc(OCc3ccccc3)cc2)cc1. The number of nitrogens with one attached hydrogen (secondary N) is 1. The lowest BCUT2D eigenvalue weighted by atomic mass is 10.2. The van der Waals surface area contributed by atoms with E-state index in [0.717, 1.165) is 17.7 Å². The molecular weight excluding hydrogens is 368 g/mol. The van der Waals surface area contributed by atoms with Gasteiger partial charge < -0.3 is 4.74 Å². The highest BCUT2D eigenvalue weighted by Crippen LogP contribution is 2.21. The van der Waals surface area contributed by atoms with Crippen LogP contribution < -0.4 is 9.46 Å². The summed E-state index contributed by atoms with van der Waals surface area (Å²) in [5.74, 6) is 0.608. The van der Waals surface area contributed by atoms with Crippen LogP contribution >= 0.6 is 0 Å². The second-order valence-corrected chi connectivity index (χ2v) is 7.34. The lowest BCUT2D eigenvalue weighted by Crippen LogP contribution is -2.12. The molecule has 0 radical (unpaired) electrons. The normalized spacial score (nSPS) is 11.0. The zero-order valence-electron chi connectivity index (χ0n) is 14.1. The van der Waals surface area contributed by atoms with Crippen molar-refractivity contribution < 1.29 is 18.1 Å². The van der Waals surface area contributed by atoms with Crippen molar-refractivity contribution in [2.45, 2.75) is 11.5 Å². The van der Waals surface area contributed by atoms with Gasteiger partial charge in [-0.2, -0.15) is 0 Å². The molecule has 0 aliphatic heterocycles. The average Bonchev–Trinajstić information content (AvgIpc) is 2.68. The van der Waals surface area contributed by atoms with Gasteiger partial charge in [0.15, 0.2) is 0 Å². The molecule has 3 rings (SSSR count). The maximum atomic E-state index is 12.4. The van der Waals surface area contributed by atoms with Crippen LogP contribution in [0.1, 0.15) is 5.56 Å². The van der Waals surface area contributed by atoms with Crippen molar-refractivity contribution in [3.8, 4) is 5.75 Å². The molecule has 0 fully saturated rings. The molecule has 0 bridgehead atoms. The predicted molar refractivity (Wildman–Crippen MR) is 101 cm³/mol. The van der Waals surface area contributed by atoms with E-state index in [1.165, 1.54) is 12.1 Å². The van der Waals surface area contributed by atoms with Crippen molar-refractivity contribution >= 4 is 21.4 Å². The Morgan fingerprint density at radius 2 is 1.52 bits per heavy atom. The molecule has 3 aromatic carbocycles. The molecule has 0 aliphatic rings. The summed E-state index contributed by atoms with van der Waals surface area (Å²) in [4.78, 5) is 10.0. The molecule has 0 aromatic heterocycles. The molecular formula is C19H16N2O5S. The number of nitro benzene ring substituents is 1. The van der Waals surface area contributed by atoms with Crippen LogP contribution in [0.25, 0.3) is 0 Å². The average molecular weight is 384 g/mol. The van der Waals surface area contributed by atoms with Gasteiger partial charge in [0.25, 0.3) is 15.7 Å². The summed E-state index contributed by atoms with van der Waals surface area (Å²) in [6, 6.07) is 20.9. The van der Waals surface area contributed by atoms with Crippen molar-refractivity contribution in [3.05, 3.63) is 94.5 Å². The van der Waals surface area contributed by atoms with Gasteiger partial charge in [-0.3, -0.25) is 14.8 Å². The molecule has 1 N–H and O–H groups in total. The maximum Gasteiger partial charge on any atom is 0.269 e. The van der Waals surface area contributed by atoms with E-state index in [-0.39, 0.29) is 10.6 Å². The molecule has 0 atom stereocenters. The van der Waals surface area contributed by atoms with Crippen LogP contribution in [0.15, 0.2) is 83.8 Å². The lowest BCUT2D eigenvalue weighted by molar-refractivity contribution is -0.384. The summed E-state index contributed by atoms with van der Waals surface area (Å²) in [6.07, 6.45) is 0. The molecule has 138 valence electrons. The summed E-state index contributed by atoms with van der Waals surface area (Å²) in [5.41, 5.74) is 1.22. The minimum atomic E-state index is -3.84. The number of ether oxygens (including phenoxy) is 1. The van der Waals surface area contributed by atoms with Gasteiger partial charge >= 0.3 is 0 Å². The van der Waals surface area contributed by atoms with Gasteiger partial charge in [0.1, 0.15) is 12.4 Å². The first-order valence-corrected chi connectivity index (χ1v) is 9.46. The second kappa shape index (κ2) is 7.88. The van der Waals surface area contributed by atoms with Gasteiger partial charge in [-0.1, -0.05) is 30.3 Å². The number of sulfonamides is 1. The molecule has 0 amide bonds. The highest BCUT2D eigenvalue weighted by Gasteiger charge is 2.16. The fourth-order valence-corrected chi connectivity index (χ4v) is 3.38. The Hall–Kier alpha value is -3.39. The molecule has 0 saturated heterocycles. The summed E-state index contributed by atoms with van der Waals surface area (Å²) in [6.45, 7) is 0.411. The fourth-order valence-electron chi connectivity index (χ4n) is 2.32. The Bertz CT molecular complexity index is 1020. The van der Waals surface area contributed by atoms with Gasteiger partial charge in [-0.05, 0) is 42.0 Å². The predicted octanol–water partition coefficient (Wildman–Crippen LogP) is 3.97. The van der Waals surface area contributed by atoms with Gasteiger partial charge in [-0.25, -0.2) is 8.42 Å². The van der Waals surface area contributed by atoms with Crippen molar-refractivity contribution in [3.63, 3.8) is 0 Å². The van der Waals surface area contributed by atoms with Crippen LogP contribution in [-0.4, -0.2) is 13.3 Å². The van der Waals surface area contributed by atoms with E-state index in [0.29, 0.717) is 18.0 Å². The minimum absolute atomic E-state index is 0.0579. The molecule has 0 saturated carbocycles. The van der Waals surface area contributed by atoms with Gasteiger partial charge in [0.05, 0.1) is 9.82 Å². The van der Waals surface area contributed by atoms with Crippen LogP contribution in [-0.2, 0) is 16.6 Å². The largest absolute Gasteiger partial charge is 0.489 e. The first-order valence-electron chi connectivity index (χ1n) is 7.98. The number of rotatable bonds is 7. The highest BCUT2D eigenvalue weighted by atomic mass is 32.2. The monoisotopic (exact) mass is 384 g/mol. The summed E-state index contributed by atoms with van der Waals surface area (Å²) in [5, 5.41) is 10.7. The van der Waals surface area contributed by atoms with E-state index in [4.69, 9.17) is 4.74 Å². The summed E-state index contributed by atoms with van der Waals surface area (Å²) >= 11 is 0. The highest BCUT2D eigenvalue weighted by molar-refractivity contribution is 7.92. The first-order chi connectivity index (χ1) is 12.9. The van der Waals surface area contributed by atoms with Crippen molar-refractivity contribution in [1.82, 2.24) is 0 Å². The standard InChI is InChI=1S/C19H16N2O5S/c22-21(23)17-8-12-19(13-9-17)27(24,25)20-16-6-10-18(11-7-16)26-14-15-4-2-1-3-5-15/h1-13,20H,14H2. The lowest BCUT2D eigenvalue weighted by Gasteiger charge is -2.10. The number of hydrogen-bond donors (Lipinski definition) is 1. The van der Waals surface area contributed by atoms with Crippen LogP contribution in [0.5, 0.6) is 5.75 Å². The number of nitro groups is 1. The van der Waals surface area contributed by atoms with E-state index in [1.807, 2.05) is 30.3 Å². The van der Waals surface area contributed by atoms with E-state index in [9.17, 15) is 18.5 Å². The molecule has 7 nitrogen and oxygen atoms in total. The Balaban J connectivity index is 1.65. The zero-order valence-corrected chi connectivity index (χ0v) is 14.9. The molecule has 8 heteroatoms. The number of non-ortho nitro benzene ring substituents is 1. The van der Waals surface area contributed by atoms with Crippen molar-refractivity contribution in [1.29, 1.82) is 0 Å². The summed E-state index contributed by atoms with van der Waals surface area (Å²) < 4.78 is 32.8. The molecule has 0 aliphatic carbocycles. The third kappa shape index (κ3) is 4.83. The first kappa shape index (κ1) is 18.4. The Labute approximate surface area is 156 Å². The number of benzene rings is 3. The van der Waals surface area contributed by atoms with Crippen molar-refractivity contribution in [2.24, 2.45) is 0 Å². The third-order valence-electron chi connectivity index (χ3n) is 3.71. The summed E-state index contributed by atoms with van der Waals surface area (Å²) in [7, 11) is -3.84. The minimum Gasteiger partial charge on any atom is -0.489 e. The third-order valence-corrected chi connectivity index (χ3v) is 5.11. The van der Waals surface area contributed by atoms with E-state index >= 15 is 0 Å². The number of anilines is 1. The number of nitrogens with zero attached hydrogens (tertiary/aromatic N) is 1. The molecule has 0 spiro atoms. The van der Waals surface area contributed by atoms with Gasteiger partial charge in [0, 0.05) is 17.8 Å². The van der Waals surface area contributed by atoms with Crippen molar-refractivity contribution in [2.75, 3.05) is 4.72 Å². The fraction of sp³-hybridized carbons (Fsp3) is 0.0526. The maximum absolute atomic E-state index is 12.4. The van der Waals surface area contributed by atoms with Crippen LogP contribution in [0.2, 0.25) is 0 Å². The van der Waals surface area contributed by atoms with Gasteiger partial charge in [-0.15, -0.1) is 0 Å². The van der Waals surface area contributed by atoms with Crippen LogP contribution in [0.4, 0.5) is 11.4 Å². The quantitative estimate of drug-likeness (QED) is 0.491. The molecule has 0 unspecified atom stereocenters. The Kier molecular flexibility index (Phi) is 5.37. The molecule has 0 heterocycles. The topological polar surface area (TPSA) is 98.5 Å². The smallest absolute Gasteiger partial charge is 0.269 e. The van der Waals surface area contributed by atoms with E-state index < -0.39 is 14.9 Å². The van der Waals surface area contributed by atoms with Crippen LogP contribution in [0.3, 0.4) is 0 Å². The van der Waals surface area contributed by atoms with Crippen LogP contribution in [0, 0.1) is 10.1 Å². The van der Waals surface area contributed by atoms with E-state index in [1.54, 1.807) is 24.3 Å². The van der Waals surface area contributed by atoms with E-state index in [2.05, 4.69) is 4.72 Å². The van der Waals surface area contributed by atoms with Gasteiger partial charge in [0.2, 0.25) is 0 Å². The number of hydrogen-bond acceptors (Lipinski definition) is 5.